The maximum Gasteiger partial charge on any atom is 0.321 e. The summed E-state index contributed by atoms with van der Waals surface area (Å²) >= 11 is 0. The van der Waals surface area contributed by atoms with Crippen molar-refractivity contribution in [3.63, 3.8) is 0 Å². The molecule has 6 heteroatoms. The summed E-state index contributed by atoms with van der Waals surface area (Å²) in [6.07, 6.45) is 2.05. The summed E-state index contributed by atoms with van der Waals surface area (Å²) in [7, 11) is 0. The van der Waals surface area contributed by atoms with E-state index in [4.69, 9.17) is 5.73 Å². The van der Waals surface area contributed by atoms with Crippen LogP contribution in [0.25, 0.3) is 0 Å². The minimum atomic E-state index is -0.806. The molecular weight excluding hydrogens is 336 g/mol. The Kier molecular flexibility index (Phi) is 5.83. The van der Waals surface area contributed by atoms with Gasteiger partial charge in [0.1, 0.15) is 0 Å². The first-order valence-electron chi connectivity index (χ1n) is 8.84. The number of anilines is 1. The van der Waals surface area contributed by atoms with Gasteiger partial charge in [-0.1, -0.05) is 24.3 Å². The fourth-order valence-corrected chi connectivity index (χ4v) is 3.28. The van der Waals surface area contributed by atoms with Crippen molar-refractivity contribution in [1.82, 2.24) is 4.90 Å². The predicted octanol–water partition coefficient (Wildman–Crippen LogP) is 3.91. The Morgan fingerprint density at radius 3 is 2.46 bits per heavy atom. The number of rotatable bonds is 4. The Bertz CT molecular complexity index is 756. The Hall–Kier alpha value is -2.47. The molecule has 0 unspecified atom stereocenters. The predicted molar refractivity (Wildman–Crippen MR) is 97.7 cm³/mol. The number of amides is 2. The number of urea groups is 1. The fraction of sp³-hybridized carbons (Fsp3) is 0.350. The minimum Gasteiger partial charge on any atom is -0.326 e. The van der Waals surface area contributed by atoms with Crippen molar-refractivity contribution in [3.8, 4) is 0 Å². The molecule has 2 amide bonds. The van der Waals surface area contributed by atoms with E-state index in [1.165, 1.54) is 6.07 Å². The van der Waals surface area contributed by atoms with Crippen molar-refractivity contribution in [2.75, 3.05) is 18.4 Å². The highest BCUT2D eigenvalue weighted by molar-refractivity contribution is 5.89. The average Bonchev–Trinajstić information content (AvgIpc) is 2.66. The van der Waals surface area contributed by atoms with Crippen LogP contribution in [0.1, 0.15) is 24.0 Å². The third-order valence-corrected chi connectivity index (χ3v) is 4.88. The van der Waals surface area contributed by atoms with Crippen LogP contribution in [0.2, 0.25) is 0 Å². The molecule has 2 aromatic rings. The first-order valence-corrected chi connectivity index (χ1v) is 8.84. The number of nitrogens with one attached hydrogen (secondary N) is 1. The summed E-state index contributed by atoms with van der Waals surface area (Å²) in [5.41, 5.74) is 7.71. The number of carbonyl (C=O) groups is 1. The molecule has 1 heterocycles. The van der Waals surface area contributed by atoms with Crippen LogP contribution in [-0.2, 0) is 13.0 Å². The number of benzene rings is 2. The number of halogens is 2. The van der Waals surface area contributed by atoms with Crippen molar-refractivity contribution < 1.29 is 13.6 Å². The van der Waals surface area contributed by atoms with E-state index in [1.807, 2.05) is 24.3 Å². The number of hydrogen-bond acceptors (Lipinski definition) is 2. The van der Waals surface area contributed by atoms with Crippen molar-refractivity contribution >= 4 is 11.7 Å². The van der Waals surface area contributed by atoms with Crippen LogP contribution >= 0.6 is 0 Å². The second kappa shape index (κ2) is 8.27. The smallest absolute Gasteiger partial charge is 0.321 e. The van der Waals surface area contributed by atoms with Crippen molar-refractivity contribution in [3.05, 3.63) is 65.2 Å². The van der Waals surface area contributed by atoms with Gasteiger partial charge in [0, 0.05) is 25.3 Å². The SMILES string of the molecule is NCc1ccc(NC(=O)N2CCC(Cc3cccc(F)c3F)CC2)cc1. The van der Waals surface area contributed by atoms with Gasteiger partial charge in [-0.3, -0.25) is 0 Å². The molecule has 26 heavy (non-hydrogen) atoms. The molecule has 0 atom stereocenters. The maximum absolute atomic E-state index is 13.8. The molecule has 0 aromatic heterocycles. The van der Waals surface area contributed by atoms with Crippen LogP contribution in [0.5, 0.6) is 0 Å². The highest BCUT2D eigenvalue weighted by atomic mass is 19.2. The summed E-state index contributed by atoms with van der Waals surface area (Å²) in [6, 6.07) is 11.6. The third-order valence-electron chi connectivity index (χ3n) is 4.88. The Morgan fingerprint density at radius 2 is 1.81 bits per heavy atom. The number of likely N-dealkylation sites (tertiary alicyclic amines) is 1. The molecule has 0 radical (unpaired) electrons. The standard InChI is InChI=1S/C20H23F2N3O/c21-18-3-1-2-16(19(18)22)12-14-8-10-25(11-9-14)20(26)24-17-6-4-15(13-23)5-7-17/h1-7,14H,8-13,23H2,(H,24,26). The van der Waals surface area contributed by atoms with E-state index in [1.54, 1.807) is 11.0 Å². The number of carbonyl (C=O) groups excluding carboxylic acids is 1. The molecule has 3 N–H and O–H groups in total. The van der Waals surface area contributed by atoms with E-state index in [0.717, 1.165) is 30.2 Å². The van der Waals surface area contributed by atoms with Crippen LogP contribution in [0.3, 0.4) is 0 Å². The number of hydrogen-bond donors (Lipinski definition) is 2. The molecule has 0 aliphatic carbocycles. The first kappa shape index (κ1) is 18.3. The Morgan fingerprint density at radius 1 is 1.12 bits per heavy atom. The molecule has 1 aliphatic heterocycles. The van der Waals surface area contributed by atoms with Gasteiger partial charge in [0.2, 0.25) is 0 Å². The highest BCUT2D eigenvalue weighted by Crippen LogP contribution is 2.24. The molecule has 0 bridgehead atoms. The zero-order valence-electron chi connectivity index (χ0n) is 14.6. The Labute approximate surface area is 152 Å². The molecular formula is C20H23F2N3O. The van der Waals surface area contributed by atoms with Gasteiger partial charge in [0.15, 0.2) is 11.6 Å². The van der Waals surface area contributed by atoms with Crippen molar-refractivity contribution in [2.24, 2.45) is 11.7 Å². The number of nitrogens with zero attached hydrogens (tertiary/aromatic N) is 1. The molecule has 0 spiro atoms. The molecule has 1 aliphatic rings. The zero-order chi connectivity index (χ0) is 18.5. The van der Waals surface area contributed by atoms with Gasteiger partial charge < -0.3 is 16.0 Å². The van der Waals surface area contributed by atoms with Gasteiger partial charge in [0.25, 0.3) is 0 Å². The van der Waals surface area contributed by atoms with Crippen molar-refractivity contribution in [1.29, 1.82) is 0 Å². The molecule has 1 saturated heterocycles. The van der Waals surface area contributed by atoms with E-state index in [-0.39, 0.29) is 11.9 Å². The molecule has 4 nitrogen and oxygen atoms in total. The zero-order valence-corrected chi connectivity index (χ0v) is 14.6. The van der Waals surface area contributed by atoms with Gasteiger partial charge in [-0.15, -0.1) is 0 Å². The van der Waals surface area contributed by atoms with Crippen molar-refractivity contribution in [2.45, 2.75) is 25.8 Å². The largest absolute Gasteiger partial charge is 0.326 e. The lowest BCUT2D eigenvalue weighted by Gasteiger charge is -2.32. The second-order valence-corrected chi connectivity index (χ2v) is 6.68. The fourth-order valence-electron chi connectivity index (χ4n) is 3.28. The normalized spacial score (nSPS) is 15.1. The van der Waals surface area contributed by atoms with Gasteiger partial charge >= 0.3 is 6.03 Å². The second-order valence-electron chi connectivity index (χ2n) is 6.68. The van der Waals surface area contributed by atoms with E-state index in [0.29, 0.717) is 31.6 Å². The average molecular weight is 359 g/mol. The van der Waals surface area contributed by atoms with Crippen LogP contribution in [0.15, 0.2) is 42.5 Å². The number of piperidine rings is 1. The number of nitrogens with two attached hydrogens (primary N) is 1. The lowest BCUT2D eigenvalue weighted by molar-refractivity contribution is 0.182. The first-order chi connectivity index (χ1) is 12.6. The van der Waals surface area contributed by atoms with E-state index in [9.17, 15) is 13.6 Å². The molecule has 0 saturated carbocycles. The van der Waals surface area contributed by atoms with Gasteiger partial charge in [-0.2, -0.15) is 0 Å². The monoisotopic (exact) mass is 359 g/mol. The summed E-state index contributed by atoms with van der Waals surface area (Å²) in [5.74, 6) is -1.31. The van der Waals surface area contributed by atoms with Crippen LogP contribution in [0, 0.1) is 17.6 Å². The molecule has 138 valence electrons. The summed E-state index contributed by atoms with van der Waals surface area (Å²) in [6.45, 7) is 1.68. The van der Waals surface area contributed by atoms with E-state index < -0.39 is 11.6 Å². The molecule has 3 rings (SSSR count). The summed E-state index contributed by atoms with van der Waals surface area (Å²) < 4.78 is 27.1. The topological polar surface area (TPSA) is 58.4 Å². The third kappa shape index (κ3) is 4.38. The van der Waals surface area contributed by atoms with Crippen LogP contribution in [-0.4, -0.2) is 24.0 Å². The maximum atomic E-state index is 13.8. The molecule has 2 aromatic carbocycles. The quantitative estimate of drug-likeness (QED) is 0.870. The Balaban J connectivity index is 1.51. The molecule has 1 fully saturated rings. The lowest BCUT2D eigenvalue weighted by Crippen LogP contribution is -2.41. The highest BCUT2D eigenvalue weighted by Gasteiger charge is 2.24. The lowest BCUT2D eigenvalue weighted by atomic mass is 9.90. The summed E-state index contributed by atoms with van der Waals surface area (Å²) in [4.78, 5) is 14.1. The van der Waals surface area contributed by atoms with Crippen LogP contribution < -0.4 is 11.1 Å². The van der Waals surface area contributed by atoms with Gasteiger partial charge in [0.05, 0.1) is 0 Å². The van der Waals surface area contributed by atoms with Gasteiger partial charge in [-0.25, -0.2) is 13.6 Å². The van der Waals surface area contributed by atoms with Gasteiger partial charge in [-0.05, 0) is 54.5 Å². The van der Waals surface area contributed by atoms with E-state index >= 15 is 0 Å². The van der Waals surface area contributed by atoms with E-state index in [2.05, 4.69) is 5.32 Å². The summed E-state index contributed by atoms with van der Waals surface area (Å²) in [5, 5.41) is 2.88. The van der Waals surface area contributed by atoms with Crippen LogP contribution in [0.4, 0.5) is 19.3 Å². The minimum absolute atomic E-state index is 0.138.